The molecule has 5 heteroatoms. The first-order valence-corrected chi connectivity index (χ1v) is 7.70. The van der Waals surface area contributed by atoms with E-state index in [0.717, 1.165) is 25.7 Å². The third-order valence-electron chi connectivity index (χ3n) is 4.65. The van der Waals surface area contributed by atoms with Crippen LogP contribution in [-0.4, -0.2) is 46.6 Å². The highest BCUT2D eigenvalue weighted by atomic mass is 16.3. The van der Waals surface area contributed by atoms with Crippen molar-refractivity contribution in [3.05, 3.63) is 0 Å². The normalized spacial score (nSPS) is 26.1. The molecule has 1 aliphatic heterocycles. The van der Waals surface area contributed by atoms with Gasteiger partial charge in [0.25, 0.3) is 0 Å². The van der Waals surface area contributed by atoms with Crippen LogP contribution in [-0.2, 0) is 9.59 Å². The monoisotopic (exact) mass is 282 g/mol. The van der Waals surface area contributed by atoms with Crippen molar-refractivity contribution >= 4 is 11.8 Å². The highest BCUT2D eigenvalue weighted by Gasteiger charge is 2.39. The van der Waals surface area contributed by atoms with Gasteiger partial charge in [-0.2, -0.15) is 0 Å². The molecule has 0 radical (unpaired) electrons. The Morgan fingerprint density at radius 2 is 2.05 bits per heavy atom. The lowest BCUT2D eigenvalue weighted by Crippen LogP contribution is -2.54. The molecule has 1 heterocycles. The number of amides is 2. The number of nitrogens with one attached hydrogen (secondary N) is 1. The van der Waals surface area contributed by atoms with Gasteiger partial charge in [-0.15, -0.1) is 0 Å². The van der Waals surface area contributed by atoms with Crippen molar-refractivity contribution in [1.29, 1.82) is 0 Å². The molecule has 2 N–H and O–H groups in total. The third kappa shape index (κ3) is 3.14. The number of aliphatic hydroxyl groups is 1. The van der Waals surface area contributed by atoms with E-state index in [1.54, 1.807) is 4.90 Å². The molecule has 2 fully saturated rings. The summed E-state index contributed by atoms with van der Waals surface area (Å²) in [6.07, 6.45) is 5.23. The highest BCUT2D eigenvalue weighted by Crippen LogP contribution is 2.29. The molecule has 2 rings (SSSR count). The minimum atomic E-state index is -0.455. The highest BCUT2D eigenvalue weighted by molar-refractivity contribution is 5.89. The van der Waals surface area contributed by atoms with Crippen LogP contribution in [0.1, 0.15) is 52.4 Å². The van der Waals surface area contributed by atoms with E-state index in [1.165, 1.54) is 6.42 Å². The first kappa shape index (κ1) is 15.3. The Balaban J connectivity index is 1.96. The average molecular weight is 282 g/mol. The molecule has 0 aromatic heterocycles. The average Bonchev–Trinajstić information content (AvgIpc) is 2.82. The molecule has 0 aromatic rings. The lowest BCUT2D eigenvalue weighted by molar-refractivity contribution is -0.130. The van der Waals surface area contributed by atoms with Gasteiger partial charge in [0.1, 0.15) is 0 Å². The minimum Gasteiger partial charge on any atom is -0.394 e. The van der Waals surface area contributed by atoms with Crippen LogP contribution < -0.4 is 5.32 Å². The molecule has 1 unspecified atom stereocenters. The summed E-state index contributed by atoms with van der Waals surface area (Å²) in [7, 11) is 0. The smallest absolute Gasteiger partial charge is 0.225 e. The quantitative estimate of drug-likeness (QED) is 0.810. The summed E-state index contributed by atoms with van der Waals surface area (Å²) in [4.78, 5) is 26.0. The zero-order valence-electron chi connectivity index (χ0n) is 12.5. The van der Waals surface area contributed by atoms with Gasteiger partial charge < -0.3 is 15.3 Å². The standard InChI is InChI=1S/C15H26N2O3/c1-11(2)17-9-12(8-13(17)19)14(20)16-15(10-18)6-4-3-5-7-15/h11-12,18H,3-10H2,1-2H3,(H,16,20). The Labute approximate surface area is 120 Å². The van der Waals surface area contributed by atoms with Crippen LogP contribution in [0.4, 0.5) is 0 Å². The zero-order chi connectivity index (χ0) is 14.8. The summed E-state index contributed by atoms with van der Waals surface area (Å²) in [6.45, 7) is 4.43. The molecule has 2 aliphatic rings. The molecule has 0 spiro atoms. The van der Waals surface area contributed by atoms with E-state index in [0.29, 0.717) is 13.0 Å². The van der Waals surface area contributed by atoms with Crippen molar-refractivity contribution in [2.75, 3.05) is 13.2 Å². The van der Waals surface area contributed by atoms with Gasteiger partial charge in [0.15, 0.2) is 0 Å². The maximum Gasteiger partial charge on any atom is 0.225 e. The second-order valence-electron chi connectivity index (χ2n) is 6.53. The van der Waals surface area contributed by atoms with Gasteiger partial charge in [0.2, 0.25) is 11.8 Å². The van der Waals surface area contributed by atoms with Crippen LogP contribution in [0.5, 0.6) is 0 Å². The van der Waals surface area contributed by atoms with Crippen LogP contribution in [0, 0.1) is 5.92 Å². The molecule has 1 saturated carbocycles. The summed E-state index contributed by atoms with van der Waals surface area (Å²) >= 11 is 0. The van der Waals surface area contributed by atoms with Crippen LogP contribution in [0.2, 0.25) is 0 Å². The van der Waals surface area contributed by atoms with E-state index in [2.05, 4.69) is 5.32 Å². The molecule has 1 saturated heterocycles. The van der Waals surface area contributed by atoms with Gasteiger partial charge in [0, 0.05) is 19.0 Å². The Kier molecular flexibility index (Phi) is 4.68. The van der Waals surface area contributed by atoms with Gasteiger partial charge >= 0.3 is 0 Å². The largest absolute Gasteiger partial charge is 0.394 e. The number of nitrogens with zero attached hydrogens (tertiary/aromatic N) is 1. The van der Waals surface area contributed by atoms with E-state index in [4.69, 9.17) is 0 Å². The van der Waals surface area contributed by atoms with Crippen molar-refractivity contribution in [1.82, 2.24) is 10.2 Å². The minimum absolute atomic E-state index is 0.00665. The molecule has 114 valence electrons. The molecule has 20 heavy (non-hydrogen) atoms. The van der Waals surface area contributed by atoms with Gasteiger partial charge in [-0.3, -0.25) is 9.59 Å². The summed E-state index contributed by atoms with van der Waals surface area (Å²) in [5, 5.41) is 12.7. The lowest BCUT2D eigenvalue weighted by atomic mass is 9.82. The first-order valence-electron chi connectivity index (χ1n) is 7.70. The first-order chi connectivity index (χ1) is 9.47. The van der Waals surface area contributed by atoms with Crippen LogP contribution in [0.3, 0.4) is 0 Å². The SMILES string of the molecule is CC(C)N1CC(C(=O)NC2(CO)CCCCC2)CC1=O. The fourth-order valence-corrected chi connectivity index (χ4v) is 3.32. The molecule has 5 nitrogen and oxygen atoms in total. The summed E-state index contributed by atoms with van der Waals surface area (Å²) in [5.41, 5.74) is -0.455. The van der Waals surface area contributed by atoms with Gasteiger partial charge in [-0.05, 0) is 26.7 Å². The van der Waals surface area contributed by atoms with Crippen LogP contribution >= 0.6 is 0 Å². The Bertz CT molecular complexity index is 375. The van der Waals surface area contributed by atoms with Crippen molar-refractivity contribution in [3.63, 3.8) is 0 Å². The molecular weight excluding hydrogens is 256 g/mol. The second-order valence-corrected chi connectivity index (χ2v) is 6.53. The van der Waals surface area contributed by atoms with Crippen molar-refractivity contribution in [2.24, 2.45) is 5.92 Å². The van der Waals surface area contributed by atoms with Gasteiger partial charge in [0.05, 0.1) is 18.1 Å². The maximum atomic E-state index is 12.4. The molecule has 0 bridgehead atoms. The van der Waals surface area contributed by atoms with E-state index >= 15 is 0 Å². The van der Waals surface area contributed by atoms with Crippen LogP contribution in [0.15, 0.2) is 0 Å². The van der Waals surface area contributed by atoms with E-state index in [1.807, 2.05) is 13.8 Å². The van der Waals surface area contributed by atoms with Gasteiger partial charge in [-0.1, -0.05) is 19.3 Å². The Hall–Kier alpha value is -1.10. The summed E-state index contributed by atoms with van der Waals surface area (Å²) in [5.74, 6) is -0.283. The predicted molar refractivity (Wildman–Crippen MR) is 76.0 cm³/mol. The second kappa shape index (κ2) is 6.12. The third-order valence-corrected chi connectivity index (χ3v) is 4.65. The van der Waals surface area contributed by atoms with E-state index in [9.17, 15) is 14.7 Å². The number of carbonyl (C=O) groups is 2. The number of hydrogen-bond acceptors (Lipinski definition) is 3. The van der Waals surface area contributed by atoms with E-state index in [-0.39, 0.29) is 30.4 Å². The number of carbonyl (C=O) groups excluding carboxylic acids is 2. The predicted octanol–water partition coefficient (Wildman–Crippen LogP) is 1.05. The maximum absolute atomic E-state index is 12.4. The Morgan fingerprint density at radius 1 is 1.40 bits per heavy atom. The molecule has 2 amide bonds. The molecule has 0 aromatic carbocycles. The fourth-order valence-electron chi connectivity index (χ4n) is 3.32. The molecule has 1 aliphatic carbocycles. The number of rotatable bonds is 4. The van der Waals surface area contributed by atoms with Crippen molar-refractivity contribution in [3.8, 4) is 0 Å². The summed E-state index contributed by atoms with van der Waals surface area (Å²) in [6, 6.07) is 0.141. The topological polar surface area (TPSA) is 69.6 Å². The fraction of sp³-hybridized carbons (Fsp3) is 0.867. The number of likely N-dealkylation sites (tertiary alicyclic amines) is 1. The zero-order valence-corrected chi connectivity index (χ0v) is 12.5. The van der Waals surface area contributed by atoms with E-state index < -0.39 is 5.54 Å². The number of aliphatic hydroxyl groups excluding tert-OH is 1. The number of hydrogen-bond donors (Lipinski definition) is 2. The lowest BCUT2D eigenvalue weighted by Gasteiger charge is -2.37. The molecular formula is C15H26N2O3. The van der Waals surface area contributed by atoms with Gasteiger partial charge in [-0.25, -0.2) is 0 Å². The van der Waals surface area contributed by atoms with Crippen molar-refractivity contribution in [2.45, 2.75) is 64.0 Å². The molecule has 1 atom stereocenters. The summed E-state index contributed by atoms with van der Waals surface area (Å²) < 4.78 is 0. The van der Waals surface area contributed by atoms with Crippen LogP contribution in [0.25, 0.3) is 0 Å². The Morgan fingerprint density at radius 3 is 2.55 bits per heavy atom. The van der Waals surface area contributed by atoms with Crippen molar-refractivity contribution < 1.29 is 14.7 Å².